The molecule has 0 N–H and O–H groups in total. The van der Waals surface area contributed by atoms with E-state index in [1.807, 2.05) is 0 Å². The van der Waals surface area contributed by atoms with E-state index in [-0.39, 0.29) is 0 Å². The zero-order chi connectivity index (χ0) is 11.4. The zero-order valence-corrected chi connectivity index (χ0v) is 10.6. The van der Waals surface area contributed by atoms with E-state index in [0.29, 0.717) is 0 Å². The maximum absolute atomic E-state index is 3.65. The van der Waals surface area contributed by atoms with Gasteiger partial charge in [0.2, 0.25) is 0 Å². The fraction of sp³-hybridized carbons (Fsp3) is 0.625. The third-order valence-corrected chi connectivity index (χ3v) is 3.55. The van der Waals surface area contributed by atoms with Crippen molar-refractivity contribution >= 4 is 0 Å². The molecule has 0 amide bonds. The van der Waals surface area contributed by atoms with Crippen LogP contribution in [0.15, 0.2) is 18.2 Å². The van der Waals surface area contributed by atoms with Crippen LogP contribution < -0.4 is 0 Å². The lowest BCUT2D eigenvalue weighted by Crippen LogP contribution is -2.05. The quantitative estimate of drug-likeness (QED) is 0.683. The summed E-state index contributed by atoms with van der Waals surface area (Å²) in [6.45, 7) is 4.56. The Hall–Kier alpha value is -0.780. The third kappa shape index (κ3) is 3.10. The first kappa shape index (κ1) is 11.7. The van der Waals surface area contributed by atoms with E-state index in [4.69, 9.17) is 0 Å². The third-order valence-electron chi connectivity index (χ3n) is 3.55. The Morgan fingerprint density at radius 3 is 2.62 bits per heavy atom. The molecule has 0 bridgehead atoms. The summed E-state index contributed by atoms with van der Waals surface area (Å²) in [6, 6.07) is 10.4. The van der Waals surface area contributed by atoms with Gasteiger partial charge in [0.15, 0.2) is 0 Å². The molecule has 0 heterocycles. The number of rotatable bonds is 3. The Kier molecular flexibility index (Phi) is 4.04. The summed E-state index contributed by atoms with van der Waals surface area (Å²) in [5, 5.41) is 0. The Labute approximate surface area is 100 Å². The van der Waals surface area contributed by atoms with Gasteiger partial charge in [0.25, 0.3) is 0 Å². The maximum Gasteiger partial charge on any atom is -0.0111 e. The van der Waals surface area contributed by atoms with Crippen molar-refractivity contribution in [2.45, 2.75) is 58.3 Å². The summed E-state index contributed by atoms with van der Waals surface area (Å²) < 4.78 is 0. The van der Waals surface area contributed by atoms with Gasteiger partial charge >= 0.3 is 0 Å². The topological polar surface area (TPSA) is 0 Å². The summed E-state index contributed by atoms with van der Waals surface area (Å²) in [7, 11) is 0. The van der Waals surface area contributed by atoms with Crippen LogP contribution in [0, 0.1) is 12.0 Å². The van der Waals surface area contributed by atoms with Crippen molar-refractivity contribution in [3.63, 3.8) is 0 Å². The first-order chi connectivity index (χ1) is 7.75. The molecule has 2 rings (SSSR count). The molecule has 87 valence electrons. The molecule has 0 unspecified atom stereocenters. The Balaban J connectivity index is 2.08. The lowest BCUT2D eigenvalue weighted by atomic mass is 9.83. The van der Waals surface area contributed by atoms with Gasteiger partial charge in [-0.2, -0.15) is 0 Å². The molecule has 1 radical (unpaired) electrons. The second kappa shape index (κ2) is 5.52. The smallest absolute Gasteiger partial charge is 0.0111 e. The van der Waals surface area contributed by atoms with Crippen LogP contribution in [0.1, 0.15) is 63.0 Å². The minimum atomic E-state index is 0.734. The second-order valence-corrected chi connectivity index (χ2v) is 5.56. The molecule has 16 heavy (non-hydrogen) atoms. The highest BCUT2D eigenvalue weighted by Crippen LogP contribution is 2.32. The molecule has 1 fully saturated rings. The molecule has 0 heteroatoms. The monoisotopic (exact) mass is 215 g/mol. The van der Waals surface area contributed by atoms with Gasteiger partial charge in [0, 0.05) is 0 Å². The molecule has 1 aliphatic rings. The normalized spacial score (nSPS) is 17.9. The molecular formula is C16H23. The lowest BCUT2D eigenvalue weighted by Gasteiger charge is -2.22. The van der Waals surface area contributed by atoms with Crippen LogP contribution in [0.4, 0.5) is 0 Å². The van der Waals surface area contributed by atoms with Crippen LogP contribution in [0.3, 0.4) is 0 Å². The van der Waals surface area contributed by atoms with Crippen LogP contribution in [-0.4, -0.2) is 0 Å². The molecule has 0 spiro atoms. The highest BCUT2D eigenvalue weighted by Gasteiger charge is 2.15. The first-order valence-corrected chi connectivity index (χ1v) is 6.77. The highest BCUT2D eigenvalue weighted by molar-refractivity contribution is 5.25. The molecule has 0 saturated heterocycles. The average Bonchev–Trinajstić information content (AvgIpc) is 2.30. The predicted molar refractivity (Wildman–Crippen MR) is 69.6 cm³/mol. The van der Waals surface area contributed by atoms with Crippen molar-refractivity contribution in [1.82, 2.24) is 0 Å². The highest BCUT2D eigenvalue weighted by atomic mass is 14.2. The van der Waals surface area contributed by atoms with Gasteiger partial charge in [-0.15, -0.1) is 0 Å². The summed E-state index contributed by atoms with van der Waals surface area (Å²) in [6.07, 6.45) is 8.17. The van der Waals surface area contributed by atoms with Gasteiger partial charge < -0.3 is 0 Å². The van der Waals surface area contributed by atoms with Crippen molar-refractivity contribution < 1.29 is 0 Å². The van der Waals surface area contributed by atoms with Crippen LogP contribution in [-0.2, 0) is 6.42 Å². The Morgan fingerprint density at radius 1 is 1.19 bits per heavy atom. The van der Waals surface area contributed by atoms with Crippen LogP contribution >= 0.6 is 0 Å². The molecule has 0 atom stereocenters. The van der Waals surface area contributed by atoms with E-state index >= 15 is 0 Å². The molecule has 1 aliphatic carbocycles. The second-order valence-electron chi connectivity index (χ2n) is 5.56. The average molecular weight is 215 g/mol. The van der Waals surface area contributed by atoms with Crippen molar-refractivity contribution in [1.29, 1.82) is 0 Å². The van der Waals surface area contributed by atoms with Crippen LogP contribution in [0.2, 0.25) is 0 Å². The largest absolute Gasteiger partial charge is 0.0625 e. The minimum absolute atomic E-state index is 0.734. The van der Waals surface area contributed by atoms with Crippen LogP contribution in [0.25, 0.3) is 0 Å². The van der Waals surface area contributed by atoms with Gasteiger partial charge in [0.05, 0.1) is 0 Å². The van der Waals surface area contributed by atoms with E-state index in [1.165, 1.54) is 49.7 Å². The van der Waals surface area contributed by atoms with Crippen LogP contribution in [0.5, 0.6) is 0 Å². The fourth-order valence-corrected chi connectivity index (χ4v) is 2.75. The summed E-state index contributed by atoms with van der Waals surface area (Å²) in [5.74, 6) is 1.53. The summed E-state index contributed by atoms with van der Waals surface area (Å²) >= 11 is 0. The van der Waals surface area contributed by atoms with Gasteiger partial charge in [-0.25, -0.2) is 0 Å². The minimum Gasteiger partial charge on any atom is -0.0625 e. The van der Waals surface area contributed by atoms with Gasteiger partial charge in [0.1, 0.15) is 0 Å². The number of hydrogen-bond donors (Lipinski definition) is 0. The Bertz CT molecular complexity index is 319. The van der Waals surface area contributed by atoms with Gasteiger partial charge in [-0.3, -0.25) is 0 Å². The first-order valence-electron chi connectivity index (χ1n) is 6.77. The van der Waals surface area contributed by atoms with E-state index in [0.717, 1.165) is 11.8 Å². The zero-order valence-electron chi connectivity index (χ0n) is 10.6. The molecular weight excluding hydrogens is 192 g/mol. The molecule has 1 saturated carbocycles. The van der Waals surface area contributed by atoms with E-state index in [9.17, 15) is 0 Å². The lowest BCUT2D eigenvalue weighted by molar-refractivity contribution is 0.443. The van der Waals surface area contributed by atoms with Crippen molar-refractivity contribution in [3.8, 4) is 0 Å². The molecule has 1 aromatic rings. The van der Waals surface area contributed by atoms with E-state index in [2.05, 4.69) is 38.1 Å². The van der Waals surface area contributed by atoms with Gasteiger partial charge in [-0.1, -0.05) is 51.3 Å². The van der Waals surface area contributed by atoms with E-state index in [1.54, 1.807) is 0 Å². The van der Waals surface area contributed by atoms with Crippen molar-refractivity contribution in [2.24, 2.45) is 5.92 Å². The van der Waals surface area contributed by atoms with Crippen molar-refractivity contribution in [2.75, 3.05) is 0 Å². The summed E-state index contributed by atoms with van der Waals surface area (Å²) in [4.78, 5) is 0. The maximum atomic E-state index is 3.65. The van der Waals surface area contributed by atoms with Gasteiger partial charge in [-0.05, 0) is 48.3 Å². The Morgan fingerprint density at radius 2 is 1.94 bits per heavy atom. The SMILES string of the molecule is CC(C)Cc1[c]c(C2CCCCC2)ccc1. The molecule has 0 aliphatic heterocycles. The fourth-order valence-electron chi connectivity index (χ4n) is 2.75. The predicted octanol–water partition coefficient (Wildman–Crippen LogP) is 4.73. The standard InChI is InChI=1S/C16H23/c1-13(2)11-14-7-6-10-16(12-14)15-8-4-3-5-9-15/h6-7,10,13,15H,3-5,8-9,11H2,1-2H3. The van der Waals surface area contributed by atoms with Crippen molar-refractivity contribution in [3.05, 3.63) is 35.4 Å². The summed E-state index contributed by atoms with van der Waals surface area (Å²) in [5.41, 5.74) is 2.87. The number of hydrogen-bond acceptors (Lipinski definition) is 0. The molecule has 1 aromatic carbocycles. The molecule has 0 aromatic heterocycles. The molecule has 0 nitrogen and oxygen atoms in total. The number of benzene rings is 1. The van der Waals surface area contributed by atoms with E-state index < -0.39 is 0 Å².